The van der Waals surface area contributed by atoms with E-state index in [9.17, 15) is 8.42 Å². The van der Waals surface area contributed by atoms with Crippen LogP contribution in [0.25, 0.3) is 0 Å². The van der Waals surface area contributed by atoms with Crippen molar-refractivity contribution >= 4 is 10.0 Å². The Balaban J connectivity index is 2.23. The third kappa shape index (κ3) is 3.17. The molecule has 0 unspecified atom stereocenters. The van der Waals surface area contributed by atoms with Crippen molar-refractivity contribution in [3.05, 3.63) is 41.2 Å². The molecule has 2 aromatic rings. The summed E-state index contributed by atoms with van der Waals surface area (Å²) in [6.45, 7) is 3.85. The quantitative estimate of drug-likeness (QED) is 0.920. The predicted octanol–water partition coefficient (Wildman–Crippen LogP) is 1.26. The first kappa shape index (κ1) is 14.5. The Labute approximate surface area is 118 Å². The van der Waals surface area contributed by atoms with Gasteiger partial charge in [-0.05, 0) is 37.1 Å². The monoisotopic (exact) mass is 295 g/mol. The summed E-state index contributed by atoms with van der Waals surface area (Å²) >= 11 is 0. The molecule has 1 heterocycles. The lowest BCUT2D eigenvalue weighted by Gasteiger charge is -2.12. The van der Waals surface area contributed by atoms with Crippen molar-refractivity contribution in [2.24, 2.45) is 12.2 Å². The molecule has 20 heavy (non-hydrogen) atoms. The smallest absolute Gasteiger partial charge is 0.238 e. The van der Waals surface area contributed by atoms with Gasteiger partial charge >= 0.3 is 0 Å². The average Bonchev–Trinajstić information content (AvgIpc) is 2.74. The van der Waals surface area contributed by atoms with Gasteiger partial charge in [-0.3, -0.25) is 4.68 Å². The zero-order valence-corrected chi connectivity index (χ0v) is 12.4. The Hall–Kier alpha value is -1.86. The van der Waals surface area contributed by atoms with Crippen LogP contribution in [0.4, 0.5) is 0 Å². The van der Waals surface area contributed by atoms with Crippen LogP contribution in [-0.4, -0.2) is 18.2 Å². The van der Waals surface area contributed by atoms with Crippen LogP contribution in [0.2, 0.25) is 0 Å². The first-order chi connectivity index (χ1) is 9.27. The molecule has 0 radical (unpaired) electrons. The minimum atomic E-state index is -3.71. The third-order valence-corrected chi connectivity index (χ3v) is 3.98. The lowest BCUT2D eigenvalue weighted by molar-refractivity contribution is 0.303. The predicted molar refractivity (Wildman–Crippen MR) is 74.8 cm³/mol. The average molecular weight is 295 g/mol. The van der Waals surface area contributed by atoms with E-state index in [4.69, 9.17) is 9.88 Å². The first-order valence-electron chi connectivity index (χ1n) is 6.02. The zero-order valence-electron chi connectivity index (χ0n) is 11.6. The summed E-state index contributed by atoms with van der Waals surface area (Å²) < 4.78 is 30.2. The van der Waals surface area contributed by atoms with E-state index in [0.717, 1.165) is 11.1 Å². The minimum absolute atomic E-state index is 0.128. The van der Waals surface area contributed by atoms with E-state index in [2.05, 4.69) is 5.10 Å². The van der Waals surface area contributed by atoms with Gasteiger partial charge in [-0.25, -0.2) is 13.6 Å². The Morgan fingerprint density at radius 3 is 2.55 bits per heavy atom. The van der Waals surface area contributed by atoms with Crippen LogP contribution in [0.15, 0.2) is 29.4 Å². The second kappa shape index (κ2) is 5.26. The molecule has 108 valence electrons. The fourth-order valence-electron chi connectivity index (χ4n) is 1.93. The highest BCUT2D eigenvalue weighted by Gasteiger charge is 2.14. The number of benzene rings is 1. The molecular formula is C13H17N3O3S. The molecule has 0 amide bonds. The van der Waals surface area contributed by atoms with Gasteiger partial charge in [0.25, 0.3) is 0 Å². The van der Waals surface area contributed by atoms with Crippen LogP contribution in [-0.2, 0) is 23.7 Å². The number of nitrogens with zero attached hydrogens (tertiary/aromatic N) is 2. The highest BCUT2D eigenvalue weighted by Crippen LogP contribution is 2.25. The fourth-order valence-corrected chi connectivity index (χ4v) is 2.78. The number of aryl methyl sites for hydroxylation is 3. The molecule has 0 aliphatic carbocycles. The molecule has 0 saturated carbocycles. The van der Waals surface area contributed by atoms with Gasteiger partial charge < -0.3 is 4.74 Å². The summed E-state index contributed by atoms with van der Waals surface area (Å²) in [7, 11) is -1.87. The maximum Gasteiger partial charge on any atom is 0.238 e. The van der Waals surface area contributed by atoms with Crippen molar-refractivity contribution in [1.82, 2.24) is 9.78 Å². The van der Waals surface area contributed by atoms with Crippen LogP contribution in [0.1, 0.15) is 16.7 Å². The van der Waals surface area contributed by atoms with Gasteiger partial charge in [0.15, 0.2) is 0 Å². The van der Waals surface area contributed by atoms with E-state index >= 15 is 0 Å². The number of ether oxygens (including phenoxy) is 1. The number of hydrogen-bond acceptors (Lipinski definition) is 4. The first-order valence-corrected chi connectivity index (χ1v) is 7.56. The van der Waals surface area contributed by atoms with E-state index in [-0.39, 0.29) is 4.90 Å². The molecule has 7 heteroatoms. The summed E-state index contributed by atoms with van der Waals surface area (Å²) in [5.41, 5.74) is 2.24. The van der Waals surface area contributed by atoms with Crippen molar-refractivity contribution in [3.8, 4) is 5.75 Å². The number of aromatic nitrogens is 2. The van der Waals surface area contributed by atoms with E-state index in [0.29, 0.717) is 17.9 Å². The Kier molecular flexibility index (Phi) is 3.82. The molecule has 0 atom stereocenters. The second-order valence-electron chi connectivity index (χ2n) is 4.74. The Bertz CT molecular complexity index is 735. The van der Waals surface area contributed by atoms with Crippen molar-refractivity contribution in [3.63, 3.8) is 0 Å². The standard InChI is InChI=1S/C13H17N3O3S/c1-9-5-13(20(14,17)18)10(2)4-12(9)19-8-11-6-15-16(3)7-11/h4-7H,8H2,1-3H3,(H2,14,17,18). The molecule has 0 saturated heterocycles. The van der Waals surface area contributed by atoms with E-state index in [1.54, 1.807) is 30.8 Å². The number of sulfonamides is 1. The molecule has 0 bridgehead atoms. The summed E-state index contributed by atoms with van der Waals surface area (Å²) in [5, 5.41) is 9.22. The van der Waals surface area contributed by atoms with Gasteiger partial charge in [-0.15, -0.1) is 0 Å². The highest BCUT2D eigenvalue weighted by molar-refractivity contribution is 7.89. The van der Waals surface area contributed by atoms with Crippen molar-refractivity contribution in [2.45, 2.75) is 25.3 Å². The lowest BCUT2D eigenvalue weighted by atomic mass is 10.1. The molecular weight excluding hydrogens is 278 g/mol. The van der Waals surface area contributed by atoms with Crippen LogP contribution in [0.3, 0.4) is 0 Å². The van der Waals surface area contributed by atoms with Crippen molar-refractivity contribution < 1.29 is 13.2 Å². The van der Waals surface area contributed by atoms with E-state index in [1.165, 1.54) is 6.07 Å². The molecule has 0 fully saturated rings. The zero-order chi connectivity index (χ0) is 14.9. The summed E-state index contributed by atoms with van der Waals surface area (Å²) in [6, 6.07) is 3.22. The molecule has 0 spiro atoms. The van der Waals surface area contributed by atoms with Crippen LogP contribution in [0, 0.1) is 13.8 Å². The third-order valence-electron chi connectivity index (χ3n) is 2.93. The maximum atomic E-state index is 11.4. The van der Waals surface area contributed by atoms with Gasteiger partial charge in [0.1, 0.15) is 12.4 Å². The number of primary sulfonamides is 1. The summed E-state index contributed by atoms with van der Waals surface area (Å²) in [4.78, 5) is 0.128. The molecule has 0 aliphatic heterocycles. The number of nitrogens with two attached hydrogens (primary N) is 1. The van der Waals surface area contributed by atoms with Crippen molar-refractivity contribution in [2.75, 3.05) is 0 Å². The second-order valence-corrected chi connectivity index (χ2v) is 6.27. The lowest BCUT2D eigenvalue weighted by Crippen LogP contribution is -2.14. The van der Waals surface area contributed by atoms with Gasteiger partial charge in [0.05, 0.1) is 11.1 Å². The fraction of sp³-hybridized carbons (Fsp3) is 0.308. The summed E-state index contributed by atoms with van der Waals surface area (Å²) in [6.07, 6.45) is 3.59. The molecule has 1 aromatic heterocycles. The van der Waals surface area contributed by atoms with Gasteiger partial charge in [0.2, 0.25) is 10.0 Å². The van der Waals surface area contributed by atoms with Gasteiger partial charge in [0, 0.05) is 18.8 Å². The Morgan fingerprint density at radius 2 is 2.00 bits per heavy atom. The topological polar surface area (TPSA) is 87.2 Å². The van der Waals surface area contributed by atoms with Crippen molar-refractivity contribution in [1.29, 1.82) is 0 Å². The summed E-state index contributed by atoms with van der Waals surface area (Å²) in [5.74, 6) is 0.638. The largest absolute Gasteiger partial charge is 0.489 e. The minimum Gasteiger partial charge on any atom is -0.489 e. The molecule has 1 aromatic carbocycles. The SMILES string of the molecule is Cc1cc(S(N)(=O)=O)c(C)cc1OCc1cnn(C)c1. The van der Waals surface area contributed by atoms with Gasteiger partial charge in [-0.2, -0.15) is 5.10 Å². The van der Waals surface area contributed by atoms with Gasteiger partial charge in [-0.1, -0.05) is 0 Å². The molecule has 0 aliphatic rings. The molecule has 2 rings (SSSR count). The normalized spacial score (nSPS) is 11.6. The van der Waals surface area contributed by atoms with E-state index in [1.807, 2.05) is 13.2 Å². The molecule has 6 nitrogen and oxygen atoms in total. The highest BCUT2D eigenvalue weighted by atomic mass is 32.2. The number of rotatable bonds is 4. The van der Waals surface area contributed by atoms with Crippen LogP contribution in [0.5, 0.6) is 5.75 Å². The van der Waals surface area contributed by atoms with Crippen LogP contribution < -0.4 is 9.88 Å². The Morgan fingerprint density at radius 1 is 1.30 bits per heavy atom. The maximum absolute atomic E-state index is 11.4. The van der Waals surface area contributed by atoms with Crippen LogP contribution >= 0.6 is 0 Å². The number of hydrogen-bond donors (Lipinski definition) is 1. The van der Waals surface area contributed by atoms with E-state index < -0.39 is 10.0 Å². The molecule has 2 N–H and O–H groups in total.